The number of carbonyl (C=O) groups excluding carboxylic acids is 1. The Bertz CT molecular complexity index is 575. The summed E-state index contributed by atoms with van der Waals surface area (Å²) < 4.78 is 80.8. The lowest BCUT2D eigenvalue weighted by atomic mass is 10.0. The van der Waals surface area contributed by atoms with Crippen LogP contribution < -0.4 is 5.43 Å². The van der Waals surface area contributed by atoms with E-state index in [1.165, 1.54) is 6.92 Å². The molecule has 0 aromatic heterocycles. The number of benzene rings is 1. The SMILES string of the molecule is CCOC(=O)NN=C(C)c1cc(C(F)(F)F)cc(C(F)(F)F)c1. The fraction of sp³-hybridized carbons (Fsp3) is 0.385. The summed E-state index contributed by atoms with van der Waals surface area (Å²) in [5.41, 5.74) is -1.74. The largest absolute Gasteiger partial charge is 0.449 e. The van der Waals surface area contributed by atoms with E-state index in [1.807, 2.05) is 5.43 Å². The second-order valence-corrected chi connectivity index (χ2v) is 4.32. The maximum absolute atomic E-state index is 12.7. The number of carbonyl (C=O) groups is 1. The smallest absolute Gasteiger partial charge is 0.427 e. The van der Waals surface area contributed by atoms with Gasteiger partial charge in [0.25, 0.3) is 0 Å². The van der Waals surface area contributed by atoms with Crippen LogP contribution in [0.4, 0.5) is 31.1 Å². The van der Waals surface area contributed by atoms with E-state index >= 15 is 0 Å². The molecule has 1 N–H and O–H groups in total. The number of rotatable bonds is 3. The molecular formula is C13H12F6N2O2. The van der Waals surface area contributed by atoms with Gasteiger partial charge in [0.1, 0.15) is 0 Å². The summed E-state index contributed by atoms with van der Waals surface area (Å²) in [4.78, 5) is 11.0. The zero-order chi connectivity index (χ0) is 17.8. The molecule has 0 unspecified atom stereocenters. The summed E-state index contributed by atoms with van der Waals surface area (Å²) in [5, 5.41) is 3.42. The zero-order valence-corrected chi connectivity index (χ0v) is 12.0. The number of amides is 1. The molecule has 1 amide bonds. The van der Waals surface area contributed by atoms with E-state index in [9.17, 15) is 31.1 Å². The van der Waals surface area contributed by atoms with E-state index in [4.69, 9.17) is 0 Å². The Labute approximate surface area is 127 Å². The highest BCUT2D eigenvalue weighted by atomic mass is 19.4. The molecule has 1 aromatic rings. The lowest BCUT2D eigenvalue weighted by Crippen LogP contribution is -2.20. The highest BCUT2D eigenvalue weighted by molar-refractivity contribution is 5.99. The molecule has 0 fully saturated rings. The number of hydrogen-bond acceptors (Lipinski definition) is 3. The van der Waals surface area contributed by atoms with Gasteiger partial charge in [-0.3, -0.25) is 0 Å². The number of alkyl halides is 6. The number of nitrogens with one attached hydrogen (secondary N) is 1. The molecule has 1 rings (SSSR count). The summed E-state index contributed by atoms with van der Waals surface area (Å²) in [5.74, 6) is 0. The standard InChI is InChI=1S/C13H12F6N2O2/c1-3-23-11(22)21-20-7(2)8-4-9(12(14,15)16)6-10(5-8)13(17,18)19/h4-6H,3H2,1-2H3,(H,21,22). The van der Waals surface area contributed by atoms with Crippen molar-refractivity contribution in [3.05, 3.63) is 34.9 Å². The van der Waals surface area contributed by atoms with Crippen molar-refractivity contribution in [3.63, 3.8) is 0 Å². The van der Waals surface area contributed by atoms with Crippen molar-refractivity contribution in [3.8, 4) is 0 Å². The van der Waals surface area contributed by atoms with Crippen LogP contribution in [0.5, 0.6) is 0 Å². The number of hydrogen-bond donors (Lipinski definition) is 1. The van der Waals surface area contributed by atoms with Gasteiger partial charge in [-0.2, -0.15) is 31.4 Å². The van der Waals surface area contributed by atoms with Crippen LogP contribution in [0.3, 0.4) is 0 Å². The van der Waals surface area contributed by atoms with E-state index in [-0.39, 0.29) is 18.4 Å². The Balaban J connectivity index is 3.24. The predicted octanol–water partition coefficient (Wildman–Crippen LogP) is 4.19. The molecule has 0 atom stereocenters. The van der Waals surface area contributed by atoms with Crippen LogP contribution in [0.25, 0.3) is 0 Å². The number of ether oxygens (including phenoxy) is 1. The third-order valence-corrected chi connectivity index (χ3v) is 2.60. The normalized spacial score (nSPS) is 13.0. The molecule has 10 heteroatoms. The minimum atomic E-state index is -4.95. The monoisotopic (exact) mass is 342 g/mol. The van der Waals surface area contributed by atoms with Crippen molar-refractivity contribution in [2.45, 2.75) is 26.2 Å². The van der Waals surface area contributed by atoms with Gasteiger partial charge in [-0.25, -0.2) is 10.2 Å². The Morgan fingerprint density at radius 3 is 1.96 bits per heavy atom. The number of nitrogens with zero attached hydrogens (tertiary/aromatic N) is 1. The van der Waals surface area contributed by atoms with Gasteiger partial charge in [0.2, 0.25) is 0 Å². The highest BCUT2D eigenvalue weighted by Crippen LogP contribution is 2.36. The number of halogens is 6. The molecule has 0 heterocycles. The third kappa shape index (κ3) is 5.46. The molecule has 0 aliphatic rings. The topological polar surface area (TPSA) is 50.7 Å². The highest BCUT2D eigenvalue weighted by Gasteiger charge is 2.37. The Kier molecular flexibility index (Phi) is 5.62. The van der Waals surface area contributed by atoms with E-state index in [2.05, 4.69) is 9.84 Å². The predicted molar refractivity (Wildman–Crippen MR) is 68.8 cm³/mol. The molecule has 0 aliphatic carbocycles. The van der Waals surface area contributed by atoms with Crippen LogP contribution in [0, 0.1) is 0 Å². The summed E-state index contributed by atoms with van der Waals surface area (Å²) in [6.07, 6.45) is -10.9. The van der Waals surface area contributed by atoms with Crippen LogP contribution >= 0.6 is 0 Å². The molecule has 128 valence electrons. The van der Waals surface area contributed by atoms with Crippen LogP contribution in [0.1, 0.15) is 30.5 Å². The molecule has 23 heavy (non-hydrogen) atoms. The first kappa shape index (κ1) is 18.8. The second-order valence-electron chi connectivity index (χ2n) is 4.32. The lowest BCUT2D eigenvalue weighted by molar-refractivity contribution is -0.143. The zero-order valence-electron chi connectivity index (χ0n) is 12.0. The Hall–Kier alpha value is -2.26. The molecule has 0 spiro atoms. The molecule has 0 saturated heterocycles. The van der Waals surface area contributed by atoms with Crippen molar-refractivity contribution in [2.24, 2.45) is 5.10 Å². The number of hydrazone groups is 1. The minimum Gasteiger partial charge on any atom is -0.449 e. The fourth-order valence-electron chi connectivity index (χ4n) is 1.52. The summed E-state index contributed by atoms with van der Waals surface area (Å²) >= 11 is 0. The van der Waals surface area contributed by atoms with Crippen molar-refractivity contribution in [1.82, 2.24) is 5.43 Å². The van der Waals surface area contributed by atoms with Crippen LogP contribution in [-0.4, -0.2) is 18.4 Å². The molecule has 0 saturated carbocycles. The van der Waals surface area contributed by atoms with Crippen LogP contribution in [-0.2, 0) is 17.1 Å². The molecule has 0 radical (unpaired) electrons. The van der Waals surface area contributed by atoms with Gasteiger partial charge in [0.05, 0.1) is 23.4 Å². The van der Waals surface area contributed by atoms with Crippen molar-refractivity contribution >= 4 is 11.8 Å². The van der Waals surface area contributed by atoms with Crippen molar-refractivity contribution in [2.75, 3.05) is 6.61 Å². The first-order valence-corrected chi connectivity index (χ1v) is 6.22. The molecule has 1 aromatic carbocycles. The van der Waals surface area contributed by atoms with Crippen molar-refractivity contribution < 1.29 is 35.9 Å². The minimum absolute atomic E-state index is 0.00948. The Morgan fingerprint density at radius 2 is 1.57 bits per heavy atom. The van der Waals surface area contributed by atoms with E-state index in [0.29, 0.717) is 12.1 Å². The fourth-order valence-corrected chi connectivity index (χ4v) is 1.52. The maximum atomic E-state index is 12.7. The molecular weight excluding hydrogens is 330 g/mol. The van der Waals surface area contributed by atoms with Gasteiger partial charge >= 0.3 is 18.4 Å². The third-order valence-electron chi connectivity index (χ3n) is 2.60. The molecule has 0 bridgehead atoms. The van der Waals surface area contributed by atoms with Gasteiger partial charge < -0.3 is 4.74 Å². The van der Waals surface area contributed by atoms with Gasteiger partial charge in [-0.15, -0.1) is 0 Å². The van der Waals surface area contributed by atoms with Crippen LogP contribution in [0.15, 0.2) is 23.3 Å². The quantitative estimate of drug-likeness (QED) is 0.509. The van der Waals surface area contributed by atoms with E-state index in [0.717, 1.165) is 6.92 Å². The van der Waals surface area contributed by atoms with Gasteiger partial charge in [0, 0.05) is 0 Å². The summed E-state index contributed by atoms with van der Waals surface area (Å²) in [7, 11) is 0. The first-order valence-electron chi connectivity index (χ1n) is 6.22. The molecule has 0 aliphatic heterocycles. The van der Waals surface area contributed by atoms with Crippen LogP contribution in [0.2, 0.25) is 0 Å². The van der Waals surface area contributed by atoms with E-state index < -0.39 is 35.1 Å². The lowest BCUT2D eigenvalue weighted by Gasteiger charge is -2.14. The van der Waals surface area contributed by atoms with Gasteiger partial charge in [0.15, 0.2) is 0 Å². The average Bonchev–Trinajstić information content (AvgIpc) is 2.42. The summed E-state index contributed by atoms with van der Waals surface area (Å²) in [6, 6.07) is 1.04. The van der Waals surface area contributed by atoms with Crippen molar-refractivity contribution in [1.29, 1.82) is 0 Å². The average molecular weight is 342 g/mol. The molecule has 4 nitrogen and oxygen atoms in total. The van der Waals surface area contributed by atoms with Gasteiger partial charge in [-0.05, 0) is 37.6 Å². The first-order chi connectivity index (χ1) is 10.4. The van der Waals surface area contributed by atoms with Gasteiger partial charge in [-0.1, -0.05) is 0 Å². The van der Waals surface area contributed by atoms with E-state index in [1.54, 1.807) is 0 Å². The Morgan fingerprint density at radius 1 is 1.09 bits per heavy atom. The maximum Gasteiger partial charge on any atom is 0.427 e. The summed E-state index contributed by atoms with van der Waals surface area (Å²) in [6.45, 7) is 2.70. The second kappa shape index (κ2) is 6.88.